The molecule has 2 aliphatic heterocycles. The molecule has 7 rings (SSSR count). The van der Waals surface area contributed by atoms with Gasteiger partial charge in [-0.1, -0.05) is 53.7 Å². The van der Waals surface area contributed by atoms with E-state index in [0.29, 0.717) is 25.2 Å². The second-order valence-electron chi connectivity index (χ2n) is 14.4. The third kappa shape index (κ3) is 7.30. The van der Waals surface area contributed by atoms with Gasteiger partial charge in [-0.25, -0.2) is 8.78 Å². The maximum absolute atomic E-state index is 14.4. The van der Waals surface area contributed by atoms with E-state index in [1.54, 1.807) is 10.9 Å². The van der Waals surface area contributed by atoms with Crippen molar-refractivity contribution in [2.24, 2.45) is 5.41 Å². The average molecular weight is 733 g/mol. The molecule has 49 heavy (non-hydrogen) atoms. The van der Waals surface area contributed by atoms with Crippen LogP contribution in [0.2, 0.25) is 0 Å². The minimum absolute atomic E-state index is 0.00237. The van der Waals surface area contributed by atoms with E-state index in [2.05, 4.69) is 91.5 Å². The number of halogens is 3. The molecule has 4 aromatic rings. The van der Waals surface area contributed by atoms with E-state index in [1.807, 2.05) is 11.9 Å². The number of carbonyl (C=O) groups excluding carboxylic acids is 1. The molecule has 11 heteroatoms. The van der Waals surface area contributed by atoms with Crippen molar-refractivity contribution in [3.05, 3.63) is 99.2 Å². The molecule has 0 radical (unpaired) electrons. The fourth-order valence-electron chi connectivity index (χ4n) is 7.74. The second-order valence-corrected chi connectivity index (χ2v) is 15.2. The normalized spacial score (nSPS) is 20.3. The number of nitrogens with zero attached hydrogens (tertiary/aromatic N) is 6. The molecule has 2 unspecified atom stereocenters. The lowest BCUT2D eigenvalue weighted by Gasteiger charge is -2.39. The molecule has 258 valence electrons. The molecule has 1 aromatic heterocycles. The number of amides is 1. The van der Waals surface area contributed by atoms with E-state index in [4.69, 9.17) is 5.73 Å². The van der Waals surface area contributed by atoms with Crippen LogP contribution in [0.4, 0.5) is 14.5 Å². The van der Waals surface area contributed by atoms with E-state index >= 15 is 0 Å². The van der Waals surface area contributed by atoms with Crippen LogP contribution < -0.4 is 5.73 Å². The van der Waals surface area contributed by atoms with Gasteiger partial charge in [-0.3, -0.25) is 19.3 Å². The molecular formula is C38H44BrF2N7O. The van der Waals surface area contributed by atoms with Gasteiger partial charge in [-0.2, -0.15) is 0 Å². The van der Waals surface area contributed by atoms with Crippen molar-refractivity contribution in [2.45, 2.75) is 77.2 Å². The molecule has 1 amide bonds. The quantitative estimate of drug-likeness (QED) is 0.138. The van der Waals surface area contributed by atoms with Crippen LogP contribution >= 0.6 is 15.9 Å². The van der Waals surface area contributed by atoms with Crippen LogP contribution in [-0.2, 0) is 30.8 Å². The van der Waals surface area contributed by atoms with Crippen LogP contribution in [0.15, 0.2) is 65.3 Å². The first-order valence-electron chi connectivity index (χ1n) is 17.3. The maximum atomic E-state index is 14.4. The van der Waals surface area contributed by atoms with E-state index < -0.39 is 11.6 Å². The molecule has 0 bridgehead atoms. The summed E-state index contributed by atoms with van der Waals surface area (Å²) in [5.41, 5.74) is 11.7. The van der Waals surface area contributed by atoms with Gasteiger partial charge in [0.15, 0.2) is 5.82 Å². The smallest absolute Gasteiger partial charge is 0.222 e. The third-order valence-corrected chi connectivity index (χ3v) is 11.7. The van der Waals surface area contributed by atoms with Crippen molar-refractivity contribution in [3.8, 4) is 11.3 Å². The Morgan fingerprint density at radius 1 is 1.08 bits per heavy atom. The molecule has 1 aliphatic carbocycles. The topological polar surface area (TPSA) is 83.5 Å². The lowest BCUT2D eigenvalue weighted by atomic mass is 9.92. The summed E-state index contributed by atoms with van der Waals surface area (Å²) in [5.74, 6) is -1.36. The Morgan fingerprint density at radius 3 is 2.61 bits per heavy atom. The first-order chi connectivity index (χ1) is 23.6. The summed E-state index contributed by atoms with van der Waals surface area (Å²) < 4.78 is 30.1. The minimum atomic E-state index is -0.842. The summed E-state index contributed by atoms with van der Waals surface area (Å²) in [4.78, 5) is 20.8. The van der Waals surface area contributed by atoms with E-state index in [9.17, 15) is 13.6 Å². The molecule has 2 fully saturated rings. The number of carbonyl (C=O) groups is 1. The van der Waals surface area contributed by atoms with Crippen LogP contribution in [0.5, 0.6) is 0 Å². The molecule has 2 N–H and O–H groups in total. The Balaban J connectivity index is 0.978. The Morgan fingerprint density at radius 2 is 1.84 bits per heavy atom. The Labute approximate surface area is 295 Å². The van der Waals surface area contributed by atoms with E-state index in [-0.39, 0.29) is 39.1 Å². The van der Waals surface area contributed by atoms with Crippen LogP contribution in [-0.4, -0.2) is 74.4 Å². The molecule has 1 saturated carbocycles. The fourth-order valence-corrected chi connectivity index (χ4v) is 8.07. The maximum Gasteiger partial charge on any atom is 0.222 e. The zero-order valence-electron chi connectivity index (χ0n) is 28.2. The summed E-state index contributed by atoms with van der Waals surface area (Å²) in [6.45, 7) is 7.09. The predicted octanol–water partition coefficient (Wildman–Crippen LogP) is 6.60. The number of aromatic nitrogens is 3. The highest BCUT2D eigenvalue weighted by Crippen LogP contribution is 2.50. The zero-order valence-corrected chi connectivity index (χ0v) is 29.8. The van der Waals surface area contributed by atoms with Gasteiger partial charge in [0.1, 0.15) is 11.5 Å². The molecule has 2 atom stereocenters. The molecular weight excluding hydrogens is 688 g/mol. The van der Waals surface area contributed by atoms with Crippen molar-refractivity contribution >= 4 is 27.5 Å². The predicted molar refractivity (Wildman–Crippen MR) is 190 cm³/mol. The van der Waals surface area contributed by atoms with Crippen LogP contribution in [0.1, 0.15) is 54.4 Å². The first kappa shape index (κ1) is 33.8. The van der Waals surface area contributed by atoms with Crippen LogP contribution in [0, 0.1) is 24.0 Å². The molecule has 3 aliphatic rings. The number of aryl methyl sites for hydroxylation is 1. The lowest BCUT2D eigenvalue weighted by Crippen LogP contribution is -2.48. The van der Waals surface area contributed by atoms with Gasteiger partial charge in [0, 0.05) is 57.3 Å². The average Bonchev–Trinajstić information content (AvgIpc) is 3.44. The molecule has 3 heterocycles. The van der Waals surface area contributed by atoms with Crippen molar-refractivity contribution in [1.29, 1.82) is 0 Å². The minimum Gasteiger partial charge on any atom is -0.396 e. The lowest BCUT2D eigenvalue weighted by molar-refractivity contribution is -0.132. The Bertz CT molecular complexity index is 1840. The van der Waals surface area contributed by atoms with Gasteiger partial charge >= 0.3 is 0 Å². The fraction of sp³-hybridized carbons (Fsp3) is 0.447. The number of fused-ring (bicyclic) bond motifs is 1. The number of benzene rings is 3. The van der Waals surface area contributed by atoms with Crippen LogP contribution in [0.25, 0.3) is 11.3 Å². The van der Waals surface area contributed by atoms with Crippen LogP contribution in [0.3, 0.4) is 0 Å². The van der Waals surface area contributed by atoms with Gasteiger partial charge in [0.25, 0.3) is 0 Å². The number of likely N-dealkylation sites (N-methyl/N-ethyl adjacent to an activating group) is 1. The summed E-state index contributed by atoms with van der Waals surface area (Å²) in [7, 11) is 1.97. The van der Waals surface area contributed by atoms with Crippen molar-refractivity contribution in [2.75, 3.05) is 32.4 Å². The number of hydrogen-bond acceptors (Lipinski definition) is 6. The number of rotatable bonds is 11. The SMILES string of the molecule is Cc1ccccc1CN1Cc2ccccc2CC1CN(C)C(=O)CC1(CN2CCCC2Cn2cc(-c3cc(F)c(Br)c(F)c3N)nn2)CC1. The Kier molecular flexibility index (Phi) is 9.60. The molecule has 8 nitrogen and oxygen atoms in total. The highest BCUT2D eigenvalue weighted by molar-refractivity contribution is 9.10. The number of nitrogen functional groups attached to an aromatic ring is 1. The van der Waals surface area contributed by atoms with Gasteiger partial charge in [-0.05, 0) is 95.2 Å². The summed E-state index contributed by atoms with van der Waals surface area (Å²) in [6, 6.07) is 19.0. The number of likely N-dealkylation sites (tertiary alicyclic amines) is 1. The second kappa shape index (κ2) is 13.9. The highest BCUT2D eigenvalue weighted by Gasteiger charge is 2.47. The number of hydrogen-bond donors (Lipinski definition) is 1. The molecule has 0 spiro atoms. The monoisotopic (exact) mass is 731 g/mol. The summed E-state index contributed by atoms with van der Waals surface area (Å²) >= 11 is 2.90. The van der Waals surface area contributed by atoms with E-state index in [0.717, 1.165) is 58.3 Å². The van der Waals surface area contributed by atoms with Crippen molar-refractivity contribution in [3.63, 3.8) is 0 Å². The van der Waals surface area contributed by atoms with Gasteiger partial charge in [0.05, 0.1) is 22.9 Å². The standard InChI is InChI=1S/C38H44BrF2N7O/c1-25-8-3-4-10-27(25)19-47-20-28-11-6-5-9-26(28)16-30(47)21-45(2)34(49)18-38(13-14-38)24-46-15-7-12-29(46)22-48-23-33(43-44-48)31-17-32(40)35(39)36(41)37(31)42/h3-6,8-11,17,23,29-30H,7,12-16,18-22,24,42H2,1-2H3. The zero-order chi connectivity index (χ0) is 34.3. The van der Waals surface area contributed by atoms with Gasteiger partial charge < -0.3 is 10.6 Å². The number of anilines is 1. The largest absolute Gasteiger partial charge is 0.396 e. The van der Waals surface area contributed by atoms with E-state index in [1.165, 1.54) is 28.3 Å². The molecule has 3 aromatic carbocycles. The highest BCUT2D eigenvalue weighted by atomic mass is 79.9. The summed E-state index contributed by atoms with van der Waals surface area (Å²) in [6.07, 6.45) is 7.39. The van der Waals surface area contributed by atoms with Crippen molar-refractivity contribution < 1.29 is 13.6 Å². The molecule has 1 saturated heterocycles. The van der Waals surface area contributed by atoms with Gasteiger partial charge in [0.2, 0.25) is 5.91 Å². The first-order valence-corrected chi connectivity index (χ1v) is 18.1. The Hall–Kier alpha value is -3.67. The number of nitrogens with two attached hydrogens (primary N) is 1. The van der Waals surface area contributed by atoms with Gasteiger partial charge in [-0.15, -0.1) is 5.10 Å². The third-order valence-electron chi connectivity index (χ3n) is 10.9. The summed E-state index contributed by atoms with van der Waals surface area (Å²) in [5, 5.41) is 8.44. The van der Waals surface area contributed by atoms with Crippen molar-refractivity contribution in [1.82, 2.24) is 29.7 Å².